The number of anilines is 2. The average Bonchev–Trinajstić information content (AvgIpc) is 2.89. The summed E-state index contributed by atoms with van der Waals surface area (Å²) in [6.45, 7) is 9.96. The average molecular weight is 245 g/mol. The van der Waals surface area contributed by atoms with Gasteiger partial charge in [0.2, 0.25) is 5.69 Å². The molecular weight excluding hydrogens is 234 g/mol. The van der Waals surface area contributed by atoms with Crippen LogP contribution in [-0.2, 0) is 4.74 Å². The molecule has 18 heavy (non-hydrogen) atoms. The molecule has 0 atom stereocenters. The van der Waals surface area contributed by atoms with Crippen LogP contribution in [0.5, 0.6) is 0 Å². The van der Waals surface area contributed by atoms with E-state index in [-0.39, 0.29) is 0 Å². The maximum atomic E-state index is 7.26. The molecule has 1 aromatic heterocycles. The Morgan fingerprint density at radius 2 is 2.00 bits per heavy atom. The summed E-state index contributed by atoms with van der Waals surface area (Å²) in [5.74, 6) is 0. The minimum Gasteiger partial charge on any atom is -0.398 e. The molecule has 1 saturated heterocycles. The maximum absolute atomic E-state index is 7.26. The molecule has 7 nitrogen and oxygen atoms in total. The highest BCUT2D eigenvalue weighted by Crippen LogP contribution is 2.38. The Bertz CT molecular complexity index is 624. The molecule has 0 amide bonds. The predicted octanol–water partition coefficient (Wildman–Crippen LogP) is 1.19. The Morgan fingerprint density at radius 3 is 2.72 bits per heavy atom. The summed E-state index contributed by atoms with van der Waals surface area (Å²) in [6.07, 6.45) is 0. The van der Waals surface area contributed by atoms with E-state index in [1.807, 2.05) is 0 Å². The number of aromatic nitrogens is 2. The van der Waals surface area contributed by atoms with Crippen LogP contribution in [0, 0.1) is 6.57 Å². The normalized spacial score (nSPS) is 15.8. The number of nitrogen functional groups attached to an aromatic ring is 1. The van der Waals surface area contributed by atoms with Gasteiger partial charge in [0.15, 0.2) is 5.52 Å². The number of hydrogen-bond acceptors (Lipinski definition) is 6. The van der Waals surface area contributed by atoms with E-state index < -0.39 is 0 Å². The molecule has 2 N–H and O–H groups in total. The molecule has 0 spiro atoms. The molecular formula is C11H11N5O2. The minimum atomic E-state index is 0.411. The van der Waals surface area contributed by atoms with E-state index in [4.69, 9.17) is 21.7 Å². The largest absolute Gasteiger partial charge is 0.398 e. The fraction of sp³-hybridized carbons (Fsp3) is 0.364. The van der Waals surface area contributed by atoms with Gasteiger partial charge in [-0.05, 0) is 16.4 Å². The minimum absolute atomic E-state index is 0.411. The molecule has 0 radical (unpaired) electrons. The van der Waals surface area contributed by atoms with Crippen molar-refractivity contribution in [3.63, 3.8) is 0 Å². The highest BCUT2D eigenvalue weighted by atomic mass is 16.6. The van der Waals surface area contributed by atoms with Gasteiger partial charge in [0.1, 0.15) is 5.52 Å². The summed E-state index contributed by atoms with van der Waals surface area (Å²) in [6, 6.07) is 1.62. The van der Waals surface area contributed by atoms with Gasteiger partial charge in [0.05, 0.1) is 31.2 Å². The van der Waals surface area contributed by atoms with Crippen molar-refractivity contribution < 1.29 is 9.37 Å². The summed E-state index contributed by atoms with van der Waals surface area (Å²) in [5.41, 5.74) is 8.49. The zero-order valence-electron chi connectivity index (χ0n) is 9.59. The number of morpholine rings is 1. The molecule has 2 heterocycles. The number of fused-ring (bicyclic) bond motifs is 1. The second-order valence-corrected chi connectivity index (χ2v) is 4.01. The first-order chi connectivity index (χ1) is 8.81. The molecule has 2 aromatic rings. The van der Waals surface area contributed by atoms with Crippen LogP contribution in [0.2, 0.25) is 0 Å². The molecule has 0 bridgehead atoms. The molecule has 0 saturated carbocycles. The topological polar surface area (TPSA) is 81.8 Å². The van der Waals surface area contributed by atoms with Gasteiger partial charge in [0, 0.05) is 13.1 Å². The second-order valence-electron chi connectivity index (χ2n) is 4.01. The number of ether oxygens (including phenoxy) is 1. The van der Waals surface area contributed by atoms with Crippen LogP contribution in [0.1, 0.15) is 0 Å². The zero-order chi connectivity index (χ0) is 12.5. The summed E-state index contributed by atoms with van der Waals surface area (Å²) >= 11 is 0. The van der Waals surface area contributed by atoms with E-state index in [1.54, 1.807) is 6.07 Å². The van der Waals surface area contributed by atoms with Crippen molar-refractivity contribution in [2.75, 3.05) is 36.9 Å². The van der Waals surface area contributed by atoms with Gasteiger partial charge in [0.25, 0.3) is 0 Å². The van der Waals surface area contributed by atoms with E-state index in [2.05, 4.69) is 20.1 Å². The lowest BCUT2D eigenvalue weighted by Crippen LogP contribution is -2.36. The van der Waals surface area contributed by atoms with Crippen LogP contribution in [0.25, 0.3) is 15.9 Å². The molecule has 1 aliphatic heterocycles. The summed E-state index contributed by atoms with van der Waals surface area (Å²) in [7, 11) is 0. The van der Waals surface area contributed by atoms with Crippen molar-refractivity contribution in [1.82, 2.24) is 10.3 Å². The van der Waals surface area contributed by atoms with Crippen molar-refractivity contribution in [1.29, 1.82) is 0 Å². The van der Waals surface area contributed by atoms with Gasteiger partial charge in [-0.25, -0.2) is 9.47 Å². The standard InChI is InChI=1S/C11H11N5O2/c1-13-8-6-7(12)9-10(15-18-14-9)11(8)16-2-4-17-5-3-16/h6H,2-5,12H2. The van der Waals surface area contributed by atoms with Crippen LogP contribution in [-0.4, -0.2) is 36.6 Å². The third-order valence-corrected chi connectivity index (χ3v) is 2.97. The fourth-order valence-corrected chi connectivity index (χ4v) is 2.12. The van der Waals surface area contributed by atoms with Crippen LogP contribution in [0.15, 0.2) is 10.7 Å². The molecule has 1 aromatic carbocycles. The summed E-state index contributed by atoms with van der Waals surface area (Å²) in [4.78, 5) is 5.57. The third-order valence-electron chi connectivity index (χ3n) is 2.97. The highest BCUT2D eigenvalue weighted by Gasteiger charge is 2.22. The molecule has 1 aliphatic rings. The van der Waals surface area contributed by atoms with Gasteiger partial charge < -0.3 is 15.4 Å². The van der Waals surface area contributed by atoms with Crippen molar-refractivity contribution in [2.45, 2.75) is 0 Å². The highest BCUT2D eigenvalue weighted by molar-refractivity contribution is 6.02. The quantitative estimate of drug-likeness (QED) is 0.600. The van der Waals surface area contributed by atoms with Gasteiger partial charge in [-0.2, -0.15) is 0 Å². The molecule has 0 aliphatic carbocycles. The summed E-state index contributed by atoms with van der Waals surface area (Å²) < 4.78 is 10.0. The van der Waals surface area contributed by atoms with Gasteiger partial charge in [-0.3, -0.25) is 0 Å². The van der Waals surface area contributed by atoms with E-state index in [1.165, 1.54) is 0 Å². The van der Waals surface area contributed by atoms with Gasteiger partial charge >= 0.3 is 0 Å². The first-order valence-electron chi connectivity index (χ1n) is 5.56. The van der Waals surface area contributed by atoms with Gasteiger partial charge in [-0.1, -0.05) is 0 Å². The maximum Gasteiger partial charge on any atom is 0.214 e. The van der Waals surface area contributed by atoms with Crippen molar-refractivity contribution >= 4 is 28.1 Å². The van der Waals surface area contributed by atoms with Crippen molar-refractivity contribution in [2.24, 2.45) is 0 Å². The Balaban J connectivity index is 2.22. The predicted molar refractivity (Wildman–Crippen MR) is 65.5 cm³/mol. The van der Waals surface area contributed by atoms with Crippen LogP contribution in [0.3, 0.4) is 0 Å². The lowest BCUT2D eigenvalue weighted by molar-refractivity contribution is 0.123. The van der Waals surface area contributed by atoms with Crippen LogP contribution < -0.4 is 10.6 Å². The summed E-state index contributed by atoms with van der Waals surface area (Å²) in [5, 5.41) is 7.65. The number of benzene rings is 1. The Morgan fingerprint density at radius 1 is 1.28 bits per heavy atom. The first-order valence-corrected chi connectivity index (χ1v) is 5.56. The van der Waals surface area contributed by atoms with E-state index in [9.17, 15) is 0 Å². The number of nitrogens with zero attached hydrogens (tertiary/aromatic N) is 4. The SMILES string of the molecule is [C-]#[N+]c1cc(N)c2nonc2c1N1CCOCC1. The Labute approximate surface area is 103 Å². The molecule has 1 fully saturated rings. The Kier molecular flexibility index (Phi) is 2.50. The Hall–Kier alpha value is -2.33. The number of nitrogens with two attached hydrogens (primary N) is 1. The van der Waals surface area contributed by atoms with Gasteiger partial charge in [-0.15, -0.1) is 0 Å². The fourth-order valence-electron chi connectivity index (χ4n) is 2.12. The lowest BCUT2D eigenvalue weighted by Gasteiger charge is -2.29. The first kappa shape index (κ1) is 10.8. The monoisotopic (exact) mass is 245 g/mol. The second kappa shape index (κ2) is 4.16. The molecule has 3 rings (SSSR count). The zero-order valence-corrected chi connectivity index (χ0v) is 9.59. The van der Waals surface area contributed by atoms with Crippen LogP contribution >= 0.6 is 0 Å². The molecule has 7 heteroatoms. The van der Waals surface area contributed by atoms with E-state index >= 15 is 0 Å². The molecule has 92 valence electrons. The van der Waals surface area contributed by atoms with Crippen molar-refractivity contribution in [3.05, 3.63) is 17.5 Å². The smallest absolute Gasteiger partial charge is 0.214 e. The third kappa shape index (κ3) is 1.55. The number of rotatable bonds is 1. The van der Waals surface area contributed by atoms with E-state index in [0.717, 1.165) is 5.69 Å². The van der Waals surface area contributed by atoms with Crippen LogP contribution in [0.4, 0.5) is 17.1 Å². The van der Waals surface area contributed by atoms with Crippen molar-refractivity contribution in [3.8, 4) is 0 Å². The van der Waals surface area contributed by atoms with E-state index in [0.29, 0.717) is 48.7 Å². The number of hydrogen-bond donors (Lipinski definition) is 1. The lowest BCUT2D eigenvalue weighted by atomic mass is 10.1. The molecule has 0 unspecified atom stereocenters.